The number of anilines is 2. The van der Waals surface area contributed by atoms with Gasteiger partial charge in [0, 0.05) is 6.04 Å². The summed E-state index contributed by atoms with van der Waals surface area (Å²) in [6, 6.07) is 0.564. The first kappa shape index (κ1) is 14.4. The van der Waals surface area contributed by atoms with Gasteiger partial charge in [0.15, 0.2) is 0 Å². The van der Waals surface area contributed by atoms with Gasteiger partial charge in [-0.05, 0) is 19.3 Å². The Morgan fingerprint density at radius 2 is 1.83 bits per heavy atom. The average Bonchev–Trinajstić information content (AvgIpc) is 2.35. The molecule has 18 heavy (non-hydrogen) atoms. The molecule has 1 atom stereocenters. The number of hydrogen-bond acceptors (Lipinski definition) is 7. The lowest BCUT2D eigenvalue weighted by atomic mass is 10.0. The molecule has 1 aromatic heterocycles. The molecule has 0 aliphatic heterocycles. The summed E-state index contributed by atoms with van der Waals surface area (Å²) < 4.78 is 5.27. The third kappa shape index (κ3) is 3.99. The zero-order chi connectivity index (χ0) is 13.5. The van der Waals surface area contributed by atoms with Crippen molar-refractivity contribution in [1.82, 2.24) is 15.0 Å². The van der Waals surface area contributed by atoms with E-state index in [1.165, 1.54) is 0 Å². The first-order valence-electron chi connectivity index (χ1n) is 6.22. The Labute approximate surface area is 108 Å². The smallest absolute Gasteiger partial charge is 0.323 e. The van der Waals surface area contributed by atoms with E-state index < -0.39 is 0 Å². The average molecular weight is 254 g/mol. The second-order valence-corrected chi connectivity index (χ2v) is 4.25. The summed E-state index contributed by atoms with van der Waals surface area (Å²) in [5.41, 5.74) is 2.40. The van der Waals surface area contributed by atoms with E-state index in [-0.39, 0.29) is 12.0 Å². The highest BCUT2D eigenvalue weighted by Crippen LogP contribution is 2.15. The Hall–Kier alpha value is -1.63. The number of aromatic nitrogens is 3. The largest absolute Gasteiger partial charge is 0.464 e. The fourth-order valence-corrected chi connectivity index (χ4v) is 1.59. The monoisotopic (exact) mass is 254 g/mol. The van der Waals surface area contributed by atoms with Gasteiger partial charge in [0.1, 0.15) is 0 Å². The van der Waals surface area contributed by atoms with Crippen molar-refractivity contribution in [2.24, 2.45) is 11.8 Å². The molecule has 1 rings (SSSR count). The number of nitrogen functional groups attached to an aromatic ring is 1. The van der Waals surface area contributed by atoms with Gasteiger partial charge in [-0.3, -0.25) is 5.43 Å². The molecule has 1 heterocycles. The van der Waals surface area contributed by atoms with Crippen LogP contribution in [0.1, 0.15) is 34.1 Å². The highest BCUT2D eigenvalue weighted by atomic mass is 16.5. The van der Waals surface area contributed by atoms with Crippen molar-refractivity contribution in [3.05, 3.63) is 0 Å². The predicted octanol–water partition coefficient (Wildman–Crippen LogP) is 1.40. The molecule has 1 unspecified atom stereocenters. The zero-order valence-corrected chi connectivity index (χ0v) is 11.4. The topological polar surface area (TPSA) is 98.0 Å². The van der Waals surface area contributed by atoms with Crippen molar-refractivity contribution in [3.8, 4) is 6.01 Å². The van der Waals surface area contributed by atoms with E-state index in [1.807, 2.05) is 6.92 Å². The van der Waals surface area contributed by atoms with E-state index >= 15 is 0 Å². The predicted molar refractivity (Wildman–Crippen MR) is 71.3 cm³/mol. The van der Waals surface area contributed by atoms with Gasteiger partial charge in [-0.25, -0.2) is 5.84 Å². The number of nitrogens with two attached hydrogens (primary N) is 1. The molecule has 4 N–H and O–H groups in total. The summed E-state index contributed by atoms with van der Waals surface area (Å²) in [5, 5.41) is 3.26. The van der Waals surface area contributed by atoms with E-state index in [1.54, 1.807) is 0 Å². The fourth-order valence-electron chi connectivity index (χ4n) is 1.59. The number of nitrogens with zero attached hydrogens (tertiary/aromatic N) is 3. The van der Waals surface area contributed by atoms with Gasteiger partial charge < -0.3 is 10.1 Å². The van der Waals surface area contributed by atoms with Crippen LogP contribution in [0.3, 0.4) is 0 Å². The molecule has 0 spiro atoms. The van der Waals surface area contributed by atoms with E-state index in [0.717, 1.165) is 6.42 Å². The summed E-state index contributed by atoms with van der Waals surface area (Å²) >= 11 is 0. The summed E-state index contributed by atoms with van der Waals surface area (Å²) in [6.07, 6.45) is 0.985. The Morgan fingerprint density at radius 1 is 1.17 bits per heavy atom. The molecule has 102 valence electrons. The number of hydrazine groups is 1. The molecule has 0 saturated carbocycles. The maximum atomic E-state index is 5.32. The molecule has 0 aliphatic rings. The molecule has 0 saturated heterocycles. The number of nitrogens with one attached hydrogen (secondary N) is 2. The second kappa shape index (κ2) is 6.95. The van der Waals surface area contributed by atoms with E-state index in [4.69, 9.17) is 10.6 Å². The minimum atomic E-state index is 0.265. The lowest BCUT2D eigenvalue weighted by Crippen LogP contribution is -2.26. The summed E-state index contributed by atoms with van der Waals surface area (Å²) in [5.74, 6) is 6.56. The zero-order valence-electron chi connectivity index (χ0n) is 11.4. The van der Waals surface area contributed by atoms with Gasteiger partial charge in [0.05, 0.1) is 6.61 Å². The molecular weight excluding hydrogens is 232 g/mol. The fraction of sp³-hybridized carbons (Fsp3) is 0.727. The Bertz CT molecular complexity index is 371. The summed E-state index contributed by atoms with van der Waals surface area (Å²) in [6.45, 7) is 8.77. The van der Waals surface area contributed by atoms with Crippen molar-refractivity contribution < 1.29 is 4.74 Å². The molecular formula is C11H22N6O. The van der Waals surface area contributed by atoms with E-state index in [9.17, 15) is 0 Å². The van der Waals surface area contributed by atoms with E-state index in [0.29, 0.717) is 24.5 Å². The minimum absolute atomic E-state index is 0.265. The van der Waals surface area contributed by atoms with Gasteiger partial charge >= 0.3 is 6.01 Å². The third-order valence-corrected chi connectivity index (χ3v) is 2.58. The second-order valence-electron chi connectivity index (χ2n) is 4.25. The van der Waals surface area contributed by atoms with Gasteiger partial charge in [0.25, 0.3) is 0 Å². The molecule has 0 aliphatic carbocycles. The van der Waals surface area contributed by atoms with Crippen LogP contribution in [0.15, 0.2) is 0 Å². The van der Waals surface area contributed by atoms with Crippen molar-refractivity contribution in [1.29, 1.82) is 0 Å². The van der Waals surface area contributed by atoms with Crippen LogP contribution in [0.25, 0.3) is 0 Å². The summed E-state index contributed by atoms with van der Waals surface area (Å²) in [7, 11) is 0. The number of hydrogen-bond donors (Lipinski definition) is 3. The molecule has 0 amide bonds. The maximum absolute atomic E-state index is 5.32. The van der Waals surface area contributed by atoms with Crippen LogP contribution in [-0.4, -0.2) is 27.6 Å². The normalized spacial score (nSPS) is 12.3. The van der Waals surface area contributed by atoms with Gasteiger partial charge in [-0.2, -0.15) is 15.0 Å². The Balaban J connectivity index is 2.89. The first-order valence-corrected chi connectivity index (χ1v) is 6.22. The van der Waals surface area contributed by atoms with Crippen LogP contribution in [0.2, 0.25) is 0 Å². The molecule has 0 bridgehead atoms. The van der Waals surface area contributed by atoms with Crippen LogP contribution in [0.5, 0.6) is 6.01 Å². The van der Waals surface area contributed by atoms with Gasteiger partial charge in [-0.15, -0.1) is 0 Å². The molecule has 7 heteroatoms. The SMILES string of the molecule is CCOc1nc(NN)nc(NC(CC)C(C)C)n1. The molecule has 0 aromatic carbocycles. The van der Waals surface area contributed by atoms with Crippen molar-refractivity contribution in [2.45, 2.75) is 40.2 Å². The van der Waals surface area contributed by atoms with Crippen LogP contribution < -0.4 is 21.3 Å². The molecule has 1 aromatic rings. The van der Waals surface area contributed by atoms with Crippen molar-refractivity contribution >= 4 is 11.9 Å². The van der Waals surface area contributed by atoms with Crippen LogP contribution in [0, 0.1) is 5.92 Å². The lowest BCUT2D eigenvalue weighted by molar-refractivity contribution is 0.312. The number of ether oxygens (including phenoxy) is 1. The Kier molecular flexibility index (Phi) is 5.57. The van der Waals surface area contributed by atoms with Crippen molar-refractivity contribution in [3.63, 3.8) is 0 Å². The van der Waals surface area contributed by atoms with Gasteiger partial charge in [0.2, 0.25) is 11.9 Å². The van der Waals surface area contributed by atoms with Crippen LogP contribution in [0.4, 0.5) is 11.9 Å². The highest BCUT2D eigenvalue weighted by Gasteiger charge is 2.14. The van der Waals surface area contributed by atoms with Crippen molar-refractivity contribution in [2.75, 3.05) is 17.3 Å². The lowest BCUT2D eigenvalue weighted by Gasteiger charge is -2.20. The quantitative estimate of drug-likeness (QED) is 0.499. The minimum Gasteiger partial charge on any atom is -0.464 e. The standard InChI is InChI=1S/C11H22N6O/c1-5-8(7(3)4)13-9-14-10(17-12)16-11(15-9)18-6-2/h7-8H,5-6,12H2,1-4H3,(H2,13,14,15,16,17). The third-order valence-electron chi connectivity index (χ3n) is 2.58. The molecule has 0 fully saturated rings. The maximum Gasteiger partial charge on any atom is 0.323 e. The van der Waals surface area contributed by atoms with Crippen LogP contribution in [-0.2, 0) is 0 Å². The van der Waals surface area contributed by atoms with E-state index in [2.05, 4.69) is 46.5 Å². The number of rotatable bonds is 7. The van der Waals surface area contributed by atoms with Crippen LogP contribution >= 0.6 is 0 Å². The van der Waals surface area contributed by atoms with Gasteiger partial charge in [-0.1, -0.05) is 20.8 Å². The highest BCUT2D eigenvalue weighted by molar-refractivity contribution is 5.35. The first-order chi connectivity index (χ1) is 8.60. The summed E-state index contributed by atoms with van der Waals surface area (Å²) in [4.78, 5) is 12.3. The molecule has 7 nitrogen and oxygen atoms in total. The molecule has 0 radical (unpaired) electrons. The Morgan fingerprint density at radius 3 is 2.33 bits per heavy atom.